The molecule has 1 aromatic carbocycles. The van der Waals surface area contributed by atoms with Crippen molar-refractivity contribution in [3.63, 3.8) is 0 Å². The van der Waals surface area contributed by atoms with Gasteiger partial charge < -0.3 is 34.4 Å². The largest absolute Gasteiger partial charge is 0.386 e. The lowest BCUT2D eigenvalue weighted by Gasteiger charge is -2.18. The lowest BCUT2D eigenvalue weighted by Crippen LogP contribution is -2.26. The Morgan fingerprint density at radius 1 is 1.32 bits per heavy atom. The third-order valence-corrected chi connectivity index (χ3v) is 9.31. The minimum absolute atomic E-state index is 0.0974. The lowest BCUT2D eigenvalue weighted by atomic mass is 10.1. The summed E-state index contributed by atoms with van der Waals surface area (Å²) in [6.07, 6.45) is -2.13. The molecule has 1 saturated heterocycles. The molecular formula is C21H24ClFN4O8P2. The Morgan fingerprint density at radius 2 is 2.03 bits per heavy atom. The van der Waals surface area contributed by atoms with E-state index >= 15 is 0 Å². The van der Waals surface area contributed by atoms with Gasteiger partial charge in [-0.1, -0.05) is 36.4 Å². The summed E-state index contributed by atoms with van der Waals surface area (Å²) in [5.41, 5.74) is 1.34. The first-order chi connectivity index (χ1) is 17.3. The predicted octanol–water partition coefficient (Wildman–Crippen LogP) is 3.55. The molecule has 1 unspecified atom stereocenters. The summed E-state index contributed by atoms with van der Waals surface area (Å²) in [5, 5.41) is 18.6. The van der Waals surface area contributed by atoms with Gasteiger partial charge in [0.2, 0.25) is 0 Å². The van der Waals surface area contributed by atoms with Crippen LogP contribution in [-0.2, 0) is 18.4 Å². The summed E-state index contributed by atoms with van der Waals surface area (Å²) >= 11 is 6.25. The number of hydrogen-bond acceptors (Lipinski definition) is 8. The van der Waals surface area contributed by atoms with Gasteiger partial charge in [-0.15, -0.1) is 0 Å². The maximum absolute atomic E-state index is 14.3. The van der Waals surface area contributed by atoms with Crippen molar-refractivity contribution >= 4 is 43.5 Å². The van der Waals surface area contributed by atoms with Crippen molar-refractivity contribution < 1.29 is 42.6 Å². The van der Waals surface area contributed by atoms with Gasteiger partial charge in [0, 0.05) is 11.1 Å². The predicted molar refractivity (Wildman–Crippen MR) is 133 cm³/mol. The van der Waals surface area contributed by atoms with Crippen molar-refractivity contribution in [1.29, 1.82) is 0 Å². The number of aliphatic hydroxyl groups is 1. The van der Waals surface area contributed by atoms with Crippen LogP contribution in [0.2, 0.25) is 5.15 Å². The van der Waals surface area contributed by atoms with E-state index in [1.165, 1.54) is 16.9 Å². The van der Waals surface area contributed by atoms with Crippen LogP contribution in [0.1, 0.15) is 24.8 Å². The quantitative estimate of drug-likeness (QED) is 0.143. The van der Waals surface area contributed by atoms with E-state index < -0.39 is 52.2 Å². The zero-order valence-electron chi connectivity index (χ0n) is 19.3. The van der Waals surface area contributed by atoms with Crippen LogP contribution in [0.3, 0.4) is 0 Å². The molecule has 3 aromatic rings. The number of nitrogens with one attached hydrogen (secondary N) is 1. The highest BCUT2D eigenvalue weighted by molar-refractivity contribution is 7.70. The number of ether oxygens (including phenoxy) is 1. The number of aliphatic hydroxyl groups excluding tert-OH is 1. The van der Waals surface area contributed by atoms with E-state index in [0.29, 0.717) is 16.6 Å². The Kier molecular flexibility index (Phi) is 7.92. The molecule has 1 aliphatic rings. The number of hydrogen-bond donors (Lipinski definition) is 5. The van der Waals surface area contributed by atoms with Crippen LogP contribution in [0.4, 0.5) is 10.1 Å². The first kappa shape index (κ1) is 27.8. The standard InChI is InChI=1S/C21H24ClFN4O8P2/c1-11-19(28)17(9-34-37(32,33)10-36(29,30)31)35-21(11)27-20-14(8-24-27)16(7-18(22)26-20)25-12(2)13-5-3-4-6-15(13)23/h3-8,12,17,19,21,28H,1,9-10H2,2H3,(H,25,26)(H,32,33)(H2,29,30,31)/t12-,17+,19-,21+/m0/s1. The number of nitrogens with zero attached hydrogens (tertiary/aromatic N) is 3. The number of aromatic nitrogens is 3. The first-order valence-electron chi connectivity index (χ1n) is 10.8. The fraction of sp³-hybridized carbons (Fsp3) is 0.333. The highest BCUT2D eigenvalue weighted by Gasteiger charge is 2.42. The number of rotatable bonds is 9. The summed E-state index contributed by atoms with van der Waals surface area (Å²) in [7, 11) is -9.48. The highest BCUT2D eigenvalue weighted by atomic mass is 35.5. The SMILES string of the molecule is C=C1[C@H](n2ncc3c(N[C@@H](C)c4ccccc4F)cc(Cl)nc32)O[C@H](COP(=O)(O)CP(=O)(O)O)[C@H]1O. The third-order valence-electron chi connectivity index (χ3n) is 5.66. The maximum Gasteiger partial charge on any atom is 0.340 e. The lowest BCUT2D eigenvalue weighted by molar-refractivity contribution is -0.0421. The zero-order chi connectivity index (χ0) is 27.1. The van der Waals surface area contributed by atoms with Gasteiger partial charge >= 0.3 is 15.2 Å². The van der Waals surface area contributed by atoms with Crippen LogP contribution < -0.4 is 5.32 Å². The molecule has 16 heteroatoms. The van der Waals surface area contributed by atoms with Crippen molar-refractivity contribution in [2.45, 2.75) is 31.4 Å². The van der Waals surface area contributed by atoms with E-state index in [1.807, 2.05) is 0 Å². The fourth-order valence-corrected chi connectivity index (χ4v) is 6.69. The van der Waals surface area contributed by atoms with E-state index in [9.17, 15) is 23.5 Å². The summed E-state index contributed by atoms with van der Waals surface area (Å²) in [4.78, 5) is 31.9. The van der Waals surface area contributed by atoms with Crippen LogP contribution >= 0.6 is 26.8 Å². The average Bonchev–Trinajstić information content (AvgIpc) is 3.32. The number of fused-ring (bicyclic) bond motifs is 1. The number of benzene rings is 1. The van der Waals surface area contributed by atoms with Gasteiger partial charge in [0.25, 0.3) is 0 Å². The Bertz CT molecular complexity index is 1430. The molecule has 0 aliphatic carbocycles. The van der Waals surface area contributed by atoms with Crippen molar-refractivity contribution in [2.24, 2.45) is 0 Å². The highest BCUT2D eigenvalue weighted by Crippen LogP contribution is 2.55. The van der Waals surface area contributed by atoms with E-state index in [4.69, 9.17) is 30.6 Å². The molecule has 12 nitrogen and oxygen atoms in total. The Balaban J connectivity index is 1.57. The van der Waals surface area contributed by atoms with Gasteiger partial charge in [-0.25, -0.2) is 14.1 Å². The summed E-state index contributed by atoms with van der Waals surface area (Å²) in [6, 6.07) is 7.45. The summed E-state index contributed by atoms with van der Waals surface area (Å²) < 4.78 is 49.1. The van der Waals surface area contributed by atoms with Crippen molar-refractivity contribution in [1.82, 2.24) is 14.8 Å². The smallest absolute Gasteiger partial charge is 0.340 e. The fourth-order valence-electron chi connectivity index (χ4n) is 3.94. The van der Waals surface area contributed by atoms with Gasteiger partial charge in [-0.05, 0) is 19.1 Å². The van der Waals surface area contributed by atoms with Gasteiger partial charge in [0.05, 0.1) is 29.9 Å². The topological polar surface area (TPSA) is 176 Å². The second kappa shape index (κ2) is 10.5. The number of pyridine rings is 1. The molecule has 0 spiro atoms. The van der Waals surface area contributed by atoms with Crippen molar-refractivity contribution in [3.05, 3.63) is 65.2 Å². The second-order valence-corrected chi connectivity index (χ2v) is 12.9. The normalized spacial score (nSPS) is 22.8. The molecule has 4 rings (SSSR count). The molecule has 5 atom stereocenters. The minimum Gasteiger partial charge on any atom is -0.386 e. The summed E-state index contributed by atoms with van der Waals surface area (Å²) in [6.45, 7) is 4.94. The van der Waals surface area contributed by atoms with Gasteiger partial charge in [0.1, 0.15) is 23.2 Å². The molecule has 1 fully saturated rings. The van der Waals surface area contributed by atoms with Crippen LogP contribution in [-0.4, -0.2) is 59.3 Å². The Hall–Kier alpha value is -2.18. The van der Waals surface area contributed by atoms with E-state index in [1.54, 1.807) is 31.2 Å². The van der Waals surface area contributed by atoms with Gasteiger partial charge in [-0.2, -0.15) is 5.10 Å². The van der Waals surface area contributed by atoms with Crippen LogP contribution in [0.5, 0.6) is 0 Å². The molecule has 1 aliphatic heterocycles. The monoisotopic (exact) mass is 576 g/mol. The summed E-state index contributed by atoms with van der Waals surface area (Å²) in [5.74, 6) is -1.75. The molecule has 3 heterocycles. The van der Waals surface area contributed by atoms with E-state index in [2.05, 4.69) is 22.0 Å². The maximum atomic E-state index is 14.3. The Morgan fingerprint density at radius 3 is 2.70 bits per heavy atom. The van der Waals surface area contributed by atoms with Crippen molar-refractivity contribution in [3.8, 4) is 0 Å². The van der Waals surface area contributed by atoms with Crippen LogP contribution in [0.15, 0.2) is 48.7 Å². The molecule has 0 amide bonds. The molecular weight excluding hydrogens is 553 g/mol. The van der Waals surface area contributed by atoms with Crippen LogP contribution in [0, 0.1) is 5.82 Å². The first-order valence-corrected chi connectivity index (χ1v) is 14.8. The third kappa shape index (κ3) is 6.28. The Labute approximate surface area is 215 Å². The zero-order valence-corrected chi connectivity index (χ0v) is 21.9. The van der Waals surface area contributed by atoms with Gasteiger partial charge in [-0.3, -0.25) is 9.13 Å². The molecule has 200 valence electrons. The van der Waals surface area contributed by atoms with E-state index in [0.717, 1.165) is 0 Å². The molecule has 0 saturated carbocycles. The van der Waals surface area contributed by atoms with Crippen molar-refractivity contribution in [2.75, 3.05) is 17.8 Å². The molecule has 2 aromatic heterocycles. The van der Waals surface area contributed by atoms with Gasteiger partial charge in [0.15, 0.2) is 17.8 Å². The number of anilines is 1. The molecule has 0 bridgehead atoms. The van der Waals surface area contributed by atoms with E-state index in [-0.39, 0.29) is 22.2 Å². The van der Waals surface area contributed by atoms with Crippen LogP contribution in [0.25, 0.3) is 11.0 Å². The molecule has 5 N–H and O–H groups in total. The molecule has 0 radical (unpaired) electrons. The molecule has 37 heavy (non-hydrogen) atoms. The number of halogens is 2. The minimum atomic E-state index is -4.82. The second-order valence-electron chi connectivity index (χ2n) is 8.49. The average molecular weight is 577 g/mol.